The Labute approximate surface area is 249 Å². The van der Waals surface area contributed by atoms with Crippen LogP contribution in [-0.4, -0.2) is 62.1 Å². The fraction of sp³-hybridized carbons (Fsp3) is 0.500. The molecule has 226 valence electrons. The Bertz CT molecular complexity index is 1600. The lowest BCUT2D eigenvalue weighted by Crippen LogP contribution is -2.59. The summed E-state index contributed by atoms with van der Waals surface area (Å²) in [4.78, 5) is 38.1. The maximum atomic E-state index is 14.2. The van der Waals surface area contributed by atoms with Gasteiger partial charge in [0.1, 0.15) is 17.2 Å². The van der Waals surface area contributed by atoms with Crippen molar-refractivity contribution in [1.82, 2.24) is 19.4 Å². The molecule has 0 radical (unpaired) electrons. The van der Waals surface area contributed by atoms with E-state index in [9.17, 15) is 27.2 Å². The first kappa shape index (κ1) is 30.4. The van der Waals surface area contributed by atoms with Crippen molar-refractivity contribution in [3.63, 3.8) is 0 Å². The minimum atomic E-state index is -4.77. The first-order chi connectivity index (χ1) is 19.5. The molecule has 1 amide bonds. The quantitative estimate of drug-likeness (QED) is 0.307. The maximum Gasteiger partial charge on any atom is 0.417 e. The number of thioether (sulfide) groups is 1. The summed E-state index contributed by atoms with van der Waals surface area (Å²) in [5.74, 6) is -0.678. The van der Waals surface area contributed by atoms with E-state index in [4.69, 9.17) is 16.3 Å². The van der Waals surface area contributed by atoms with Gasteiger partial charge in [0, 0.05) is 42.9 Å². The summed E-state index contributed by atoms with van der Waals surface area (Å²) < 4.78 is 63.6. The highest BCUT2D eigenvalue weighted by Crippen LogP contribution is 2.47. The number of alkyl halides is 3. The van der Waals surface area contributed by atoms with Gasteiger partial charge in [0.15, 0.2) is 0 Å². The number of piperazine rings is 1. The Morgan fingerprint density at radius 1 is 1.10 bits per heavy atom. The van der Waals surface area contributed by atoms with Crippen molar-refractivity contribution in [2.45, 2.75) is 75.8 Å². The van der Waals surface area contributed by atoms with E-state index in [0.29, 0.717) is 5.56 Å². The number of anilines is 1. The fourth-order valence-corrected chi connectivity index (χ4v) is 7.27. The molecule has 0 unspecified atom stereocenters. The summed E-state index contributed by atoms with van der Waals surface area (Å²) in [6.07, 6.45) is -2.73. The molecule has 0 aliphatic carbocycles. The van der Waals surface area contributed by atoms with Gasteiger partial charge in [-0.05, 0) is 52.3 Å². The topological polar surface area (TPSA) is 80.6 Å². The molecule has 0 bridgehead atoms. The SMILES string of the molecule is C[C@@H]1CN(c2nc(=O)n3c4c(c(Cl)c(C(F)(F)F)cc24)SC[C@H](c2cncc(F)c2)C3)C[C@H](C)N1C(=O)OC(C)(C)C. The Hall–Kier alpha value is -3.06. The molecule has 1 saturated heterocycles. The first-order valence-electron chi connectivity index (χ1n) is 13.4. The first-order valence-corrected chi connectivity index (χ1v) is 14.7. The van der Waals surface area contributed by atoms with Gasteiger partial charge in [-0.3, -0.25) is 14.5 Å². The molecule has 14 heteroatoms. The van der Waals surface area contributed by atoms with Gasteiger partial charge in [-0.2, -0.15) is 18.2 Å². The van der Waals surface area contributed by atoms with Crippen LogP contribution in [0.2, 0.25) is 5.02 Å². The third-order valence-corrected chi connectivity index (χ3v) is 9.06. The predicted molar refractivity (Wildman–Crippen MR) is 153 cm³/mol. The summed E-state index contributed by atoms with van der Waals surface area (Å²) in [5, 5.41) is -0.378. The smallest absolute Gasteiger partial charge is 0.417 e. The number of carbonyl (C=O) groups is 1. The molecule has 2 aliphatic heterocycles. The molecule has 0 spiro atoms. The predicted octanol–water partition coefficient (Wildman–Crippen LogP) is 6.33. The van der Waals surface area contributed by atoms with E-state index in [1.54, 1.807) is 44.4 Å². The molecule has 3 atom stereocenters. The Morgan fingerprint density at radius 2 is 1.76 bits per heavy atom. The highest BCUT2D eigenvalue weighted by atomic mass is 35.5. The van der Waals surface area contributed by atoms with Crippen molar-refractivity contribution >= 4 is 46.2 Å². The number of nitrogens with zero attached hydrogens (tertiary/aromatic N) is 5. The molecule has 2 aromatic heterocycles. The second-order valence-electron chi connectivity index (χ2n) is 11.7. The number of ether oxygens (including phenoxy) is 1. The highest BCUT2D eigenvalue weighted by Gasteiger charge is 2.40. The summed E-state index contributed by atoms with van der Waals surface area (Å²) in [7, 11) is 0. The standard InChI is InChI=1S/C28H30ClF4N5O3S/c1-14-10-36(11-15(2)38(14)26(40)41-27(3,4)5)24-19-7-20(28(31,32)33)21(29)23-22(19)37(25(39)35-24)12-17(13-42-23)16-6-18(30)9-34-8-16/h6-9,14-15,17H,10-13H2,1-5H3/t14-,15+,17-/m1/s1. The Morgan fingerprint density at radius 3 is 2.36 bits per heavy atom. The number of pyridine rings is 1. The van der Waals surface area contributed by atoms with Crippen LogP contribution in [0.1, 0.15) is 51.7 Å². The second-order valence-corrected chi connectivity index (χ2v) is 13.1. The molecule has 0 saturated carbocycles. The van der Waals surface area contributed by atoms with Crippen molar-refractivity contribution in [2.24, 2.45) is 0 Å². The molecule has 3 aromatic rings. The molecular weight excluding hydrogens is 598 g/mol. The maximum absolute atomic E-state index is 14.2. The van der Waals surface area contributed by atoms with Gasteiger partial charge < -0.3 is 9.64 Å². The van der Waals surface area contributed by atoms with Crippen LogP contribution in [0.15, 0.2) is 34.2 Å². The summed E-state index contributed by atoms with van der Waals surface area (Å²) in [5.41, 5.74) is -1.65. The summed E-state index contributed by atoms with van der Waals surface area (Å²) >= 11 is 7.48. The fourth-order valence-electron chi connectivity index (χ4n) is 5.60. The Kier molecular flexibility index (Phi) is 7.88. The second kappa shape index (κ2) is 10.9. The largest absolute Gasteiger partial charge is 0.444 e. The number of halogens is 5. The lowest BCUT2D eigenvalue weighted by Gasteiger charge is -2.45. The normalized spacial score (nSPS) is 21.4. The number of rotatable bonds is 2. The van der Waals surface area contributed by atoms with Crippen LogP contribution in [0.4, 0.5) is 28.2 Å². The van der Waals surface area contributed by atoms with Crippen molar-refractivity contribution in [1.29, 1.82) is 0 Å². The van der Waals surface area contributed by atoms with Gasteiger partial charge in [-0.15, -0.1) is 11.8 Å². The molecule has 8 nitrogen and oxygen atoms in total. The van der Waals surface area contributed by atoms with Gasteiger partial charge in [-0.1, -0.05) is 11.6 Å². The van der Waals surface area contributed by atoms with Crippen molar-refractivity contribution < 1.29 is 27.1 Å². The van der Waals surface area contributed by atoms with Crippen LogP contribution in [-0.2, 0) is 17.5 Å². The van der Waals surface area contributed by atoms with Gasteiger partial charge in [-0.25, -0.2) is 14.0 Å². The Balaban J connectivity index is 1.63. The lowest BCUT2D eigenvalue weighted by molar-refractivity contribution is -0.137. The highest BCUT2D eigenvalue weighted by molar-refractivity contribution is 7.99. The van der Waals surface area contributed by atoms with Gasteiger partial charge >= 0.3 is 18.0 Å². The molecule has 42 heavy (non-hydrogen) atoms. The van der Waals surface area contributed by atoms with Crippen molar-refractivity contribution in [3.05, 3.63) is 57.0 Å². The molecule has 4 heterocycles. The van der Waals surface area contributed by atoms with Crippen LogP contribution in [0.25, 0.3) is 10.9 Å². The van der Waals surface area contributed by atoms with E-state index in [1.807, 2.05) is 0 Å². The van der Waals surface area contributed by atoms with Gasteiger partial charge in [0.05, 0.1) is 39.3 Å². The number of benzene rings is 1. The lowest BCUT2D eigenvalue weighted by atomic mass is 10.0. The van der Waals surface area contributed by atoms with E-state index >= 15 is 0 Å². The third kappa shape index (κ3) is 5.77. The molecule has 1 fully saturated rings. The van der Waals surface area contributed by atoms with E-state index in [2.05, 4.69) is 9.97 Å². The van der Waals surface area contributed by atoms with Crippen LogP contribution in [0.3, 0.4) is 0 Å². The van der Waals surface area contributed by atoms with Crippen LogP contribution in [0, 0.1) is 5.82 Å². The summed E-state index contributed by atoms with van der Waals surface area (Å²) in [6.45, 7) is 9.38. The average molecular weight is 628 g/mol. The average Bonchev–Trinajstić information content (AvgIpc) is 3.07. The summed E-state index contributed by atoms with van der Waals surface area (Å²) in [6, 6.07) is 1.45. The zero-order valence-electron chi connectivity index (χ0n) is 23.6. The molecule has 1 aromatic carbocycles. The molecule has 5 rings (SSSR count). The van der Waals surface area contributed by atoms with Crippen LogP contribution >= 0.6 is 23.4 Å². The monoisotopic (exact) mass is 627 g/mol. The van der Waals surface area contributed by atoms with E-state index in [1.165, 1.54) is 16.8 Å². The zero-order valence-corrected chi connectivity index (χ0v) is 25.2. The van der Waals surface area contributed by atoms with Gasteiger partial charge in [0.2, 0.25) is 0 Å². The van der Waals surface area contributed by atoms with Crippen molar-refractivity contribution in [2.75, 3.05) is 23.7 Å². The third-order valence-electron chi connectivity index (χ3n) is 7.30. The minimum Gasteiger partial charge on any atom is -0.444 e. The van der Waals surface area contributed by atoms with E-state index < -0.39 is 58.0 Å². The number of amides is 1. The molecular formula is C28H30ClF4N5O3S. The zero-order chi connectivity index (χ0) is 30.7. The van der Waals surface area contributed by atoms with Crippen LogP contribution < -0.4 is 10.6 Å². The number of aromatic nitrogens is 3. The molecule has 2 aliphatic rings. The number of hydrogen-bond donors (Lipinski definition) is 0. The number of carbonyl (C=O) groups excluding carboxylic acids is 1. The molecule has 0 N–H and O–H groups in total. The minimum absolute atomic E-state index is 0.0503. The van der Waals surface area contributed by atoms with E-state index in [0.717, 1.165) is 24.0 Å². The van der Waals surface area contributed by atoms with E-state index in [-0.39, 0.29) is 47.0 Å². The van der Waals surface area contributed by atoms with Crippen LogP contribution in [0.5, 0.6) is 0 Å². The van der Waals surface area contributed by atoms with Crippen molar-refractivity contribution in [3.8, 4) is 0 Å². The number of hydrogen-bond acceptors (Lipinski definition) is 7. The van der Waals surface area contributed by atoms with Gasteiger partial charge in [0.25, 0.3) is 0 Å².